The van der Waals surface area contributed by atoms with Gasteiger partial charge in [0.2, 0.25) is 10.0 Å². The Kier molecular flexibility index (Phi) is 7.90. The van der Waals surface area contributed by atoms with Gasteiger partial charge in [0, 0.05) is 17.8 Å². The van der Waals surface area contributed by atoms with E-state index in [1.54, 1.807) is 68.9 Å². The molecule has 5 rings (SSSR count). The SMILES string of the molecule is CC(C)(NS(=O)(=O)c1ccccc1)C(O)c1onc(OCCOc2ncc(Br)cn2)c1-c1ccc2occc2c1. The topological polar surface area (TPSA) is 150 Å². The minimum atomic E-state index is -3.96. The van der Waals surface area contributed by atoms with Gasteiger partial charge < -0.3 is 23.5 Å². The Morgan fingerprint density at radius 1 is 1.05 bits per heavy atom. The summed E-state index contributed by atoms with van der Waals surface area (Å²) in [5.41, 5.74) is 0.256. The van der Waals surface area contributed by atoms with E-state index in [4.69, 9.17) is 18.4 Å². The lowest BCUT2D eigenvalue weighted by atomic mass is 9.92. The van der Waals surface area contributed by atoms with Gasteiger partial charge in [-0.1, -0.05) is 24.3 Å². The maximum Gasteiger partial charge on any atom is 0.316 e. The first-order valence-corrected chi connectivity index (χ1v) is 14.4. The van der Waals surface area contributed by atoms with Crippen LogP contribution in [0.15, 0.2) is 91.6 Å². The average Bonchev–Trinajstić information content (AvgIpc) is 3.58. The van der Waals surface area contributed by atoms with Crippen molar-refractivity contribution in [2.24, 2.45) is 0 Å². The number of sulfonamides is 1. The number of fused-ring (bicyclic) bond motifs is 1. The fourth-order valence-electron chi connectivity index (χ4n) is 4.00. The number of aliphatic hydroxyl groups is 1. The van der Waals surface area contributed by atoms with E-state index in [9.17, 15) is 13.5 Å². The van der Waals surface area contributed by atoms with E-state index in [0.29, 0.717) is 16.7 Å². The summed E-state index contributed by atoms with van der Waals surface area (Å²) in [6, 6.07) is 15.3. The highest BCUT2D eigenvalue weighted by Crippen LogP contribution is 2.41. The fraction of sp³-hybridized carbons (Fsp3) is 0.222. The van der Waals surface area contributed by atoms with Crippen LogP contribution in [0.5, 0.6) is 11.9 Å². The third-order valence-electron chi connectivity index (χ3n) is 5.96. The van der Waals surface area contributed by atoms with Gasteiger partial charge >= 0.3 is 6.01 Å². The number of furan rings is 1. The number of nitrogens with zero attached hydrogens (tertiary/aromatic N) is 3. The van der Waals surface area contributed by atoms with E-state index in [-0.39, 0.29) is 35.8 Å². The van der Waals surface area contributed by atoms with Gasteiger partial charge in [0.25, 0.3) is 5.88 Å². The Bertz CT molecular complexity index is 1700. The van der Waals surface area contributed by atoms with Crippen LogP contribution < -0.4 is 14.2 Å². The van der Waals surface area contributed by atoms with E-state index in [0.717, 1.165) is 9.86 Å². The number of benzene rings is 2. The first-order valence-electron chi connectivity index (χ1n) is 12.1. The normalized spacial score (nSPS) is 12.9. The lowest BCUT2D eigenvalue weighted by Gasteiger charge is -2.30. The molecule has 3 heterocycles. The molecule has 40 heavy (non-hydrogen) atoms. The summed E-state index contributed by atoms with van der Waals surface area (Å²) < 4.78 is 51.8. The summed E-state index contributed by atoms with van der Waals surface area (Å²) in [4.78, 5) is 8.17. The van der Waals surface area contributed by atoms with Crippen molar-refractivity contribution in [3.8, 4) is 23.0 Å². The molecule has 0 saturated heterocycles. The number of hydrogen-bond acceptors (Lipinski definition) is 10. The molecule has 2 aromatic carbocycles. The smallest absolute Gasteiger partial charge is 0.316 e. The zero-order valence-electron chi connectivity index (χ0n) is 21.4. The number of ether oxygens (including phenoxy) is 2. The molecule has 1 atom stereocenters. The number of halogens is 1. The molecule has 0 aliphatic heterocycles. The molecule has 0 saturated carbocycles. The molecule has 0 aliphatic rings. The second-order valence-corrected chi connectivity index (χ2v) is 11.9. The van der Waals surface area contributed by atoms with Crippen molar-refractivity contribution in [2.45, 2.75) is 30.4 Å². The molecule has 1 unspecified atom stereocenters. The Morgan fingerprint density at radius 2 is 1.77 bits per heavy atom. The molecule has 11 nitrogen and oxygen atoms in total. The lowest BCUT2D eigenvalue weighted by Crippen LogP contribution is -2.47. The molecule has 0 radical (unpaired) electrons. The third-order valence-corrected chi connectivity index (χ3v) is 8.06. The van der Waals surface area contributed by atoms with Crippen LogP contribution in [0, 0.1) is 0 Å². The standard InChI is InChI=1S/C27H25BrN4O7S/c1-27(2,32-40(34,35)20-6-4-3-5-7-20)24(33)23-22(18-8-9-21-17(14-18)10-11-36-21)25(31-39-23)37-12-13-38-26-29-15-19(28)16-30-26/h3-11,14-16,24,32-33H,12-13H2,1-2H3. The van der Waals surface area contributed by atoms with Gasteiger partial charge in [0.05, 0.1) is 26.7 Å². The van der Waals surface area contributed by atoms with Gasteiger partial charge in [0.1, 0.15) is 24.9 Å². The van der Waals surface area contributed by atoms with E-state index in [1.165, 1.54) is 12.1 Å². The van der Waals surface area contributed by atoms with Crippen LogP contribution in [0.1, 0.15) is 25.7 Å². The third kappa shape index (κ3) is 6.02. The van der Waals surface area contributed by atoms with Crippen LogP contribution in [-0.4, -0.2) is 47.4 Å². The van der Waals surface area contributed by atoms with Gasteiger partial charge in [-0.05, 0) is 70.8 Å². The number of hydrogen-bond donors (Lipinski definition) is 2. The zero-order valence-corrected chi connectivity index (χ0v) is 23.8. The largest absolute Gasteiger partial charge is 0.471 e. The highest BCUT2D eigenvalue weighted by Gasteiger charge is 2.39. The van der Waals surface area contributed by atoms with Crippen molar-refractivity contribution >= 4 is 36.9 Å². The fourth-order valence-corrected chi connectivity index (χ4v) is 5.64. The summed E-state index contributed by atoms with van der Waals surface area (Å²) in [5, 5.41) is 16.3. The minimum Gasteiger partial charge on any atom is -0.471 e. The second kappa shape index (κ2) is 11.4. The number of rotatable bonds is 11. The highest BCUT2D eigenvalue weighted by molar-refractivity contribution is 9.10. The van der Waals surface area contributed by atoms with Crippen molar-refractivity contribution in [3.63, 3.8) is 0 Å². The van der Waals surface area contributed by atoms with Crippen molar-refractivity contribution in [1.29, 1.82) is 0 Å². The average molecular weight is 629 g/mol. The molecule has 0 aliphatic carbocycles. The van der Waals surface area contributed by atoms with Crippen LogP contribution in [0.4, 0.5) is 0 Å². The number of aliphatic hydroxyl groups excluding tert-OH is 1. The molecule has 5 aromatic rings. The molecule has 0 spiro atoms. The Morgan fingerprint density at radius 3 is 2.52 bits per heavy atom. The monoisotopic (exact) mass is 628 g/mol. The Balaban J connectivity index is 1.42. The molecule has 3 aromatic heterocycles. The Hall–Kier alpha value is -3.78. The predicted octanol–water partition coefficient (Wildman–Crippen LogP) is 4.89. The molecule has 2 N–H and O–H groups in total. The number of nitrogens with one attached hydrogen (secondary N) is 1. The van der Waals surface area contributed by atoms with Gasteiger partial charge in [-0.2, -0.15) is 0 Å². The minimum absolute atomic E-state index is 0.0239. The predicted molar refractivity (Wildman–Crippen MR) is 148 cm³/mol. The maximum atomic E-state index is 13.0. The van der Waals surface area contributed by atoms with Gasteiger partial charge in [-0.15, -0.1) is 0 Å². The molecule has 13 heteroatoms. The first-order chi connectivity index (χ1) is 19.1. The van der Waals surface area contributed by atoms with Crippen molar-refractivity contribution < 1.29 is 31.9 Å². The van der Waals surface area contributed by atoms with E-state index >= 15 is 0 Å². The van der Waals surface area contributed by atoms with Crippen LogP contribution in [0.2, 0.25) is 0 Å². The summed E-state index contributed by atoms with van der Waals surface area (Å²) in [5.74, 6) is 0.120. The summed E-state index contributed by atoms with van der Waals surface area (Å²) >= 11 is 3.27. The summed E-state index contributed by atoms with van der Waals surface area (Å²) in [6.45, 7) is 3.27. The van der Waals surface area contributed by atoms with Crippen LogP contribution in [0.25, 0.3) is 22.1 Å². The van der Waals surface area contributed by atoms with E-state index in [1.807, 2.05) is 6.07 Å². The maximum absolute atomic E-state index is 13.0. The zero-order chi connectivity index (χ0) is 28.3. The summed E-state index contributed by atoms with van der Waals surface area (Å²) in [6.07, 6.45) is 3.25. The van der Waals surface area contributed by atoms with Gasteiger partial charge in [-0.3, -0.25) is 0 Å². The van der Waals surface area contributed by atoms with E-state index in [2.05, 4.69) is 35.8 Å². The molecular formula is C27H25BrN4O7S. The highest BCUT2D eigenvalue weighted by atomic mass is 79.9. The lowest BCUT2D eigenvalue weighted by molar-refractivity contribution is 0.0676. The van der Waals surface area contributed by atoms with Crippen LogP contribution in [0.3, 0.4) is 0 Å². The van der Waals surface area contributed by atoms with Crippen molar-refractivity contribution in [3.05, 3.63) is 83.5 Å². The van der Waals surface area contributed by atoms with Gasteiger partial charge in [0.15, 0.2) is 5.76 Å². The van der Waals surface area contributed by atoms with Gasteiger partial charge in [-0.25, -0.2) is 23.1 Å². The Labute approximate surface area is 238 Å². The molecule has 208 valence electrons. The molecule has 0 fully saturated rings. The van der Waals surface area contributed by atoms with Crippen LogP contribution in [-0.2, 0) is 10.0 Å². The quantitative estimate of drug-likeness (QED) is 0.194. The van der Waals surface area contributed by atoms with Crippen LogP contribution >= 0.6 is 15.9 Å². The second-order valence-electron chi connectivity index (χ2n) is 9.32. The molecular weight excluding hydrogens is 604 g/mol. The molecule has 0 bridgehead atoms. The van der Waals surface area contributed by atoms with E-state index < -0.39 is 21.7 Å². The molecule has 0 amide bonds. The number of aromatic nitrogens is 3. The van der Waals surface area contributed by atoms with Crippen molar-refractivity contribution in [2.75, 3.05) is 13.2 Å². The summed E-state index contributed by atoms with van der Waals surface area (Å²) in [7, 11) is -3.96. The van der Waals surface area contributed by atoms with Crippen molar-refractivity contribution in [1.82, 2.24) is 19.8 Å². The first kappa shape index (κ1) is 27.8.